The van der Waals surface area contributed by atoms with E-state index in [9.17, 15) is 4.79 Å². The molecule has 22 heavy (non-hydrogen) atoms. The third kappa shape index (κ3) is 3.45. The van der Waals surface area contributed by atoms with Crippen LogP contribution in [0.5, 0.6) is 17.2 Å². The molecule has 1 aliphatic rings. The van der Waals surface area contributed by atoms with E-state index in [4.69, 9.17) is 25.8 Å². The van der Waals surface area contributed by atoms with Crippen LogP contribution >= 0.6 is 22.9 Å². The maximum Gasteiger partial charge on any atom is 0.260 e. The molecular weight excluding hydrogens is 326 g/mol. The third-order valence-electron chi connectivity index (χ3n) is 3.15. The fourth-order valence-corrected chi connectivity index (χ4v) is 3.12. The lowest BCUT2D eigenvalue weighted by molar-refractivity contribution is -0.132. The molecule has 0 bridgehead atoms. The Morgan fingerprint density at radius 1 is 1.32 bits per heavy atom. The minimum atomic E-state index is -0.109. The van der Waals surface area contributed by atoms with E-state index in [1.54, 1.807) is 30.1 Å². The Bertz CT molecular complexity index is 688. The number of rotatable bonds is 5. The number of hydrogen-bond acceptors (Lipinski definition) is 5. The molecule has 5 nitrogen and oxygen atoms in total. The molecule has 2 aromatic rings. The largest absolute Gasteiger partial charge is 0.484 e. The number of fused-ring (bicyclic) bond motifs is 1. The summed E-state index contributed by atoms with van der Waals surface area (Å²) in [6, 6.07) is 8.96. The fraction of sp³-hybridized carbons (Fsp3) is 0.267. The Balaban J connectivity index is 1.53. The number of amides is 1. The molecule has 0 aliphatic carbocycles. The molecule has 1 amide bonds. The first-order valence-corrected chi connectivity index (χ1v) is 7.82. The van der Waals surface area contributed by atoms with E-state index < -0.39 is 0 Å². The van der Waals surface area contributed by atoms with Crippen molar-refractivity contribution < 1.29 is 19.0 Å². The summed E-state index contributed by atoms with van der Waals surface area (Å²) in [5.41, 5.74) is 0. The number of benzene rings is 1. The smallest absolute Gasteiger partial charge is 0.260 e. The zero-order valence-electron chi connectivity index (χ0n) is 11.9. The highest BCUT2D eigenvalue weighted by Crippen LogP contribution is 2.35. The summed E-state index contributed by atoms with van der Waals surface area (Å²) in [7, 11) is 1.74. The van der Waals surface area contributed by atoms with Crippen LogP contribution in [-0.2, 0) is 11.3 Å². The average molecular weight is 340 g/mol. The zero-order valence-corrected chi connectivity index (χ0v) is 13.4. The quantitative estimate of drug-likeness (QED) is 0.839. The van der Waals surface area contributed by atoms with Crippen LogP contribution in [0.1, 0.15) is 4.88 Å². The van der Waals surface area contributed by atoms with E-state index in [2.05, 4.69) is 0 Å². The summed E-state index contributed by atoms with van der Waals surface area (Å²) >= 11 is 7.34. The molecule has 7 heteroatoms. The Morgan fingerprint density at radius 3 is 2.91 bits per heavy atom. The van der Waals surface area contributed by atoms with E-state index >= 15 is 0 Å². The molecule has 0 N–H and O–H groups in total. The van der Waals surface area contributed by atoms with Gasteiger partial charge in [-0.15, -0.1) is 11.3 Å². The molecule has 1 aliphatic heterocycles. The van der Waals surface area contributed by atoms with E-state index in [0.717, 1.165) is 4.88 Å². The van der Waals surface area contributed by atoms with Crippen molar-refractivity contribution in [3.63, 3.8) is 0 Å². The highest BCUT2D eigenvalue weighted by molar-refractivity contribution is 7.16. The predicted octanol–water partition coefficient (Wildman–Crippen LogP) is 3.17. The molecule has 3 rings (SSSR count). The van der Waals surface area contributed by atoms with Crippen LogP contribution < -0.4 is 14.2 Å². The molecule has 1 aromatic heterocycles. The van der Waals surface area contributed by atoms with Crippen LogP contribution in [0.3, 0.4) is 0 Å². The second-order valence-electron chi connectivity index (χ2n) is 4.76. The van der Waals surface area contributed by atoms with Crippen LogP contribution in [0.2, 0.25) is 4.34 Å². The van der Waals surface area contributed by atoms with Crippen molar-refractivity contribution in [3.8, 4) is 17.2 Å². The van der Waals surface area contributed by atoms with Crippen molar-refractivity contribution in [1.82, 2.24) is 4.90 Å². The Morgan fingerprint density at radius 2 is 2.14 bits per heavy atom. The number of thiophene rings is 1. The average Bonchev–Trinajstić information content (AvgIpc) is 3.12. The van der Waals surface area contributed by atoms with Gasteiger partial charge in [0, 0.05) is 18.0 Å². The molecule has 0 radical (unpaired) electrons. The lowest BCUT2D eigenvalue weighted by Crippen LogP contribution is -2.30. The molecule has 0 fully saturated rings. The van der Waals surface area contributed by atoms with E-state index in [1.165, 1.54) is 11.3 Å². The predicted molar refractivity (Wildman–Crippen MR) is 83.9 cm³/mol. The highest BCUT2D eigenvalue weighted by Gasteiger charge is 2.15. The monoisotopic (exact) mass is 339 g/mol. The van der Waals surface area contributed by atoms with Crippen LogP contribution in [0.15, 0.2) is 30.3 Å². The third-order valence-corrected chi connectivity index (χ3v) is 4.37. The summed E-state index contributed by atoms with van der Waals surface area (Å²) in [5, 5.41) is 0. The van der Waals surface area contributed by atoms with Gasteiger partial charge in [-0.25, -0.2) is 0 Å². The van der Waals surface area contributed by atoms with Crippen LogP contribution in [-0.4, -0.2) is 31.3 Å². The second-order valence-corrected chi connectivity index (χ2v) is 6.56. The number of likely N-dealkylation sites (N-methyl/N-ethyl adjacent to an activating group) is 1. The molecule has 0 saturated carbocycles. The Hall–Kier alpha value is -1.92. The van der Waals surface area contributed by atoms with Crippen molar-refractivity contribution in [1.29, 1.82) is 0 Å². The number of hydrogen-bond donors (Lipinski definition) is 0. The van der Waals surface area contributed by atoms with E-state index in [1.807, 2.05) is 12.1 Å². The van der Waals surface area contributed by atoms with Gasteiger partial charge < -0.3 is 19.1 Å². The van der Waals surface area contributed by atoms with Gasteiger partial charge in [-0.2, -0.15) is 0 Å². The van der Waals surface area contributed by atoms with Crippen molar-refractivity contribution >= 4 is 28.8 Å². The molecule has 0 spiro atoms. The Kier molecular flexibility index (Phi) is 4.40. The summed E-state index contributed by atoms with van der Waals surface area (Å²) in [5.74, 6) is 1.78. The van der Waals surface area contributed by atoms with Crippen molar-refractivity contribution in [2.45, 2.75) is 6.54 Å². The van der Waals surface area contributed by atoms with E-state index in [-0.39, 0.29) is 19.3 Å². The molecule has 2 heterocycles. The summed E-state index contributed by atoms with van der Waals surface area (Å²) < 4.78 is 16.7. The number of ether oxygens (including phenoxy) is 3. The SMILES string of the molecule is CN(Cc1ccc(Cl)s1)C(=O)COc1ccc2c(c1)OCO2. The maximum atomic E-state index is 12.1. The lowest BCUT2D eigenvalue weighted by atomic mass is 10.3. The minimum Gasteiger partial charge on any atom is -0.484 e. The van der Waals surface area contributed by atoms with Crippen molar-refractivity contribution in [2.24, 2.45) is 0 Å². The zero-order chi connectivity index (χ0) is 15.5. The van der Waals surface area contributed by atoms with Gasteiger partial charge in [0.1, 0.15) is 5.75 Å². The fourth-order valence-electron chi connectivity index (χ4n) is 1.98. The lowest BCUT2D eigenvalue weighted by Gasteiger charge is -2.16. The van der Waals surface area contributed by atoms with Crippen molar-refractivity contribution in [2.75, 3.05) is 20.4 Å². The second kappa shape index (κ2) is 6.46. The van der Waals surface area contributed by atoms with Gasteiger partial charge in [-0.05, 0) is 24.3 Å². The molecule has 116 valence electrons. The molecular formula is C15H14ClNO4S. The van der Waals surface area contributed by atoms with E-state index in [0.29, 0.717) is 28.1 Å². The molecule has 1 aromatic carbocycles. The first-order valence-electron chi connectivity index (χ1n) is 6.62. The molecule has 0 saturated heterocycles. The first-order chi connectivity index (χ1) is 10.6. The first kappa shape index (κ1) is 15.0. The van der Waals surface area contributed by atoms with Gasteiger partial charge in [-0.1, -0.05) is 11.6 Å². The summed E-state index contributed by atoms with van der Waals surface area (Å²) in [6.45, 7) is 0.694. The standard InChI is InChI=1S/C15H14ClNO4S/c1-17(7-11-3-5-14(16)22-11)15(18)8-19-10-2-4-12-13(6-10)21-9-20-12/h2-6H,7-9H2,1H3. The van der Waals surface area contributed by atoms with Crippen LogP contribution in [0.25, 0.3) is 0 Å². The molecule has 0 unspecified atom stereocenters. The Labute approximate surface area is 137 Å². The maximum absolute atomic E-state index is 12.1. The topological polar surface area (TPSA) is 48.0 Å². The minimum absolute atomic E-state index is 0.0325. The number of halogens is 1. The normalized spacial score (nSPS) is 12.3. The van der Waals surface area contributed by atoms with Crippen LogP contribution in [0, 0.1) is 0 Å². The summed E-state index contributed by atoms with van der Waals surface area (Å²) in [6.07, 6.45) is 0. The van der Waals surface area contributed by atoms with Crippen LogP contribution in [0.4, 0.5) is 0 Å². The van der Waals surface area contributed by atoms with Gasteiger partial charge in [0.2, 0.25) is 6.79 Å². The van der Waals surface area contributed by atoms with Crippen molar-refractivity contribution in [3.05, 3.63) is 39.5 Å². The summed E-state index contributed by atoms with van der Waals surface area (Å²) in [4.78, 5) is 14.7. The highest BCUT2D eigenvalue weighted by atomic mass is 35.5. The number of nitrogens with zero attached hydrogens (tertiary/aromatic N) is 1. The van der Waals surface area contributed by atoms with Gasteiger partial charge in [-0.3, -0.25) is 4.79 Å². The number of carbonyl (C=O) groups excluding carboxylic acids is 1. The molecule has 0 atom stereocenters. The van der Waals surface area contributed by atoms with Gasteiger partial charge >= 0.3 is 0 Å². The van der Waals surface area contributed by atoms with Gasteiger partial charge in [0.15, 0.2) is 18.1 Å². The number of carbonyl (C=O) groups is 1. The van der Waals surface area contributed by atoms with Gasteiger partial charge in [0.25, 0.3) is 5.91 Å². The van der Waals surface area contributed by atoms with Gasteiger partial charge in [0.05, 0.1) is 10.9 Å².